The van der Waals surface area contributed by atoms with Crippen molar-refractivity contribution in [2.24, 2.45) is 5.41 Å². The van der Waals surface area contributed by atoms with E-state index in [2.05, 4.69) is 20.8 Å². The number of rotatable bonds is 3. The lowest BCUT2D eigenvalue weighted by atomic mass is 9.91. The van der Waals surface area contributed by atoms with Gasteiger partial charge in [0.25, 0.3) is 0 Å². The summed E-state index contributed by atoms with van der Waals surface area (Å²) >= 11 is 11.8. The van der Waals surface area contributed by atoms with Crippen LogP contribution in [-0.4, -0.2) is 17.9 Å². The maximum Gasteiger partial charge on any atom is 0.223 e. The first-order valence-corrected chi connectivity index (χ1v) is 6.62. The van der Waals surface area contributed by atoms with E-state index in [1.165, 1.54) is 0 Å². The van der Waals surface area contributed by atoms with E-state index in [4.69, 9.17) is 23.2 Å². The van der Waals surface area contributed by atoms with Crippen molar-refractivity contribution in [2.75, 3.05) is 7.05 Å². The molecular formula is C14H19Cl2NO. The molecule has 1 rings (SSSR count). The number of amides is 1. The highest BCUT2D eigenvalue weighted by Crippen LogP contribution is 2.24. The standard InChI is InChI=1S/C14H19Cl2NO/c1-14(2,3)8-13(18)17(4)9-10-5-6-11(15)12(16)7-10/h5-7H,8-9H2,1-4H3. The number of carbonyl (C=O) groups is 1. The first-order chi connectivity index (χ1) is 8.19. The van der Waals surface area contributed by atoms with Crippen molar-refractivity contribution in [1.82, 2.24) is 4.90 Å². The molecule has 4 heteroatoms. The summed E-state index contributed by atoms with van der Waals surface area (Å²) in [5.74, 6) is 0.133. The fourth-order valence-electron chi connectivity index (χ4n) is 1.59. The molecule has 0 aliphatic heterocycles. The first-order valence-electron chi connectivity index (χ1n) is 5.87. The van der Waals surface area contributed by atoms with Crippen LogP contribution in [0.25, 0.3) is 0 Å². The van der Waals surface area contributed by atoms with Crippen molar-refractivity contribution in [1.29, 1.82) is 0 Å². The zero-order chi connectivity index (χ0) is 13.9. The Labute approximate surface area is 119 Å². The Hall–Kier alpha value is -0.730. The van der Waals surface area contributed by atoms with Gasteiger partial charge in [-0.25, -0.2) is 0 Å². The SMILES string of the molecule is CN(Cc1ccc(Cl)c(Cl)c1)C(=O)CC(C)(C)C. The molecule has 0 unspecified atom stereocenters. The Balaban J connectivity index is 2.66. The van der Waals surface area contributed by atoms with E-state index in [9.17, 15) is 4.79 Å². The number of carbonyl (C=O) groups excluding carboxylic acids is 1. The zero-order valence-corrected chi connectivity index (χ0v) is 12.8. The van der Waals surface area contributed by atoms with E-state index >= 15 is 0 Å². The molecule has 1 amide bonds. The number of nitrogens with zero attached hydrogens (tertiary/aromatic N) is 1. The van der Waals surface area contributed by atoms with Crippen LogP contribution in [0.15, 0.2) is 18.2 Å². The normalized spacial score (nSPS) is 11.4. The molecular weight excluding hydrogens is 269 g/mol. The van der Waals surface area contributed by atoms with Crippen LogP contribution in [0.5, 0.6) is 0 Å². The minimum atomic E-state index is 0.00296. The van der Waals surface area contributed by atoms with Crippen LogP contribution in [0.4, 0.5) is 0 Å². The summed E-state index contributed by atoms with van der Waals surface area (Å²) in [5.41, 5.74) is 0.984. The van der Waals surface area contributed by atoms with Crippen molar-refractivity contribution in [3.63, 3.8) is 0 Å². The maximum atomic E-state index is 12.0. The van der Waals surface area contributed by atoms with Gasteiger partial charge in [-0.05, 0) is 23.1 Å². The summed E-state index contributed by atoms with van der Waals surface area (Å²) in [6, 6.07) is 5.43. The van der Waals surface area contributed by atoms with Gasteiger partial charge in [0.05, 0.1) is 10.0 Å². The highest BCUT2D eigenvalue weighted by atomic mass is 35.5. The summed E-state index contributed by atoms with van der Waals surface area (Å²) in [5, 5.41) is 1.05. The van der Waals surface area contributed by atoms with Gasteiger partial charge in [-0.2, -0.15) is 0 Å². The maximum absolute atomic E-state index is 12.0. The Kier molecular flexibility index (Phi) is 5.06. The monoisotopic (exact) mass is 287 g/mol. The van der Waals surface area contributed by atoms with Gasteiger partial charge in [-0.15, -0.1) is 0 Å². The van der Waals surface area contributed by atoms with E-state index in [-0.39, 0.29) is 11.3 Å². The molecule has 2 nitrogen and oxygen atoms in total. The molecule has 0 aromatic heterocycles. The number of benzene rings is 1. The molecule has 0 aliphatic rings. The third kappa shape index (κ3) is 4.87. The molecule has 0 saturated carbocycles. The van der Waals surface area contributed by atoms with Gasteiger partial charge in [-0.1, -0.05) is 50.0 Å². The number of halogens is 2. The van der Waals surface area contributed by atoms with E-state index in [1.54, 1.807) is 24.1 Å². The molecule has 0 atom stereocenters. The van der Waals surface area contributed by atoms with Crippen LogP contribution in [0.2, 0.25) is 10.0 Å². The summed E-state index contributed by atoms with van der Waals surface area (Å²) in [6.07, 6.45) is 0.533. The Morgan fingerprint density at radius 3 is 2.33 bits per heavy atom. The van der Waals surface area contributed by atoms with Gasteiger partial charge < -0.3 is 4.90 Å². The van der Waals surface area contributed by atoms with Crippen molar-refractivity contribution in [3.05, 3.63) is 33.8 Å². The minimum Gasteiger partial charge on any atom is -0.341 e. The zero-order valence-electron chi connectivity index (χ0n) is 11.3. The summed E-state index contributed by atoms with van der Waals surface area (Å²) < 4.78 is 0. The Bertz CT molecular complexity index is 438. The van der Waals surface area contributed by atoms with Crippen LogP contribution >= 0.6 is 23.2 Å². The molecule has 0 N–H and O–H groups in total. The van der Waals surface area contributed by atoms with Gasteiger partial charge >= 0.3 is 0 Å². The molecule has 0 radical (unpaired) electrons. The third-order valence-electron chi connectivity index (χ3n) is 2.51. The number of hydrogen-bond acceptors (Lipinski definition) is 1. The molecule has 0 fully saturated rings. The first kappa shape index (κ1) is 15.3. The van der Waals surface area contributed by atoms with Crippen molar-refractivity contribution >= 4 is 29.1 Å². The molecule has 1 aromatic carbocycles. The lowest BCUT2D eigenvalue weighted by Crippen LogP contribution is -2.29. The fourth-order valence-corrected chi connectivity index (χ4v) is 1.91. The van der Waals surface area contributed by atoms with Gasteiger partial charge in [0.15, 0.2) is 0 Å². The second-order valence-electron chi connectivity index (χ2n) is 5.74. The molecule has 0 bridgehead atoms. The second kappa shape index (κ2) is 5.94. The van der Waals surface area contributed by atoms with Crippen LogP contribution in [0.3, 0.4) is 0 Å². The van der Waals surface area contributed by atoms with Crippen molar-refractivity contribution in [3.8, 4) is 0 Å². The predicted octanol–water partition coefficient (Wildman–Crippen LogP) is 4.39. The molecule has 1 aromatic rings. The highest BCUT2D eigenvalue weighted by molar-refractivity contribution is 6.42. The van der Waals surface area contributed by atoms with E-state index in [0.717, 1.165) is 5.56 Å². The molecule has 0 spiro atoms. The molecule has 0 heterocycles. The van der Waals surface area contributed by atoms with Crippen molar-refractivity contribution < 1.29 is 4.79 Å². The predicted molar refractivity (Wildman–Crippen MR) is 77.0 cm³/mol. The molecule has 0 aliphatic carbocycles. The van der Waals surface area contributed by atoms with Gasteiger partial charge in [0.1, 0.15) is 0 Å². The molecule has 0 saturated heterocycles. The minimum absolute atomic E-state index is 0.00296. The lowest BCUT2D eigenvalue weighted by Gasteiger charge is -2.23. The fraction of sp³-hybridized carbons (Fsp3) is 0.500. The van der Waals surface area contributed by atoms with E-state index in [0.29, 0.717) is 23.0 Å². The van der Waals surface area contributed by atoms with Crippen LogP contribution in [0, 0.1) is 5.41 Å². The summed E-state index contributed by atoms with van der Waals surface area (Å²) in [4.78, 5) is 13.7. The van der Waals surface area contributed by atoms with Gasteiger partial charge in [-0.3, -0.25) is 4.79 Å². The van der Waals surface area contributed by atoms with Crippen molar-refractivity contribution in [2.45, 2.75) is 33.7 Å². The Morgan fingerprint density at radius 1 is 1.22 bits per heavy atom. The highest BCUT2D eigenvalue weighted by Gasteiger charge is 2.19. The summed E-state index contributed by atoms with van der Waals surface area (Å²) in [7, 11) is 1.80. The van der Waals surface area contributed by atoms with Crippen LogP contribution < -0.4 is 0 Å². The van der Waals surface area contributed by atoms with Crippen LogP contribution in [0.1, 0.15) is 32.8 Å². The topological polar surface area (TPSA) is 20.3 Å². The number of hydrogen-bond donors (Lipinski definition) is 0. The average molecular weight is 288 g/mol. The summed E-state index contributed by atoms with van der Waals surface area (Å²) in [6.45, 7) is 6.71. The average Bonchev–Trinajstić information content (AvgIpc) is 2.21. The smallest absolute Gasteiger partial charge is 0.223 e. The quantitative estimate of drug-likeness (QED) is 0.807. The van der Waals surface area contributed by atoms with Gasteiger partial charge in [0, 0.05) is 20.0 Å². The molecule has 100 valence electrons. The lowest BCUT2D eigenvalue weighted by molar-refractivity contribution is -0.132. The Morgan fingerprint density at radius 2 is 1.83 bits per heavy atom. The largest absolute Gasteiger partial charge is 0.341 e. The van der Waals surface area contributed by atoms with E-state index < -0.39 is 0 Å². The second-order valence-corrected chi connectivity index (χ2v) is 6.55. The third-order valence-corrected chi connectivity index (χ3v) is 3.25. The van der Waals surface area contributed by atoms with Crippen LogP contribution in [-0.2, 0) is 11.3 Å². The van der Waals surface area contributed by atoms with E-state index in [1.807, 2.05) is 6.07 Å². The molecule has 18 heavy (non-hydrogen) atoms. The van der Waals surface area contributed by atoms with Gasteiger partial charge in [0.2, 0.25) is 5.91 Å².